The Bertz CT molecular complexity index is 1470. The Morgan fingerprint density at radius 1 is 0.946 bits per heavy atom. The van der Waals surface area contributed by atoms with Crippen LogP contribution in [0.4, 0.5) is 17.1 Å². The second kappa shape index (κ2) is 10.7. The number of carbonyl (C=O) groups excluding carboxylic acids is 4. The fourth-order valence-corrected chi connectivity index (χ4v) is 3.90. The lowest BCUT2D eigenvalue weighted by Gasteiger charge is -2.16. The van der Waals surface area contributed by atoms with Gasteiger partial charge < -0.3 is 20.5 Å². The van der Waals surface area contributed by atoms with E-state index in [0.717, 1.165) is 4.90 Å². The lowest BCUT2D eigenvalue weighted by molar-refractivity contribution is -0.120. The number of carbonyl (C=O) groups is 4. The molecule has 0 bridgehead atoms. The number of phenols is 1. The number of hydrogen-bond donors (Lipinski definition) is 3. The third-order valence-electron chi connectivity index (χ3n) is 5.24. The molecule has 0 fully saturated rings. The summed E-state index contributed by atoms with van der Waals surface area (Å²) in [4.78, 5) is 51.6. The third kappa shape index (κ3) is 5.42. The van der Waals surface area contributed by atoms with Crippen molar-refractivity contribution in [3.05, 3.63) is 93.6 Å². The van der Waals surface area contributed by atoms with Crippen molar-refractivity contribution in [1.82, 2.24) is 0 Å². The van der Waals surface area contributed by atoms with Gasteiger partial charge in [0.2, 0.25) is 0 Å². The quantitative estimate of drug-likeness (QED) is 0.221. The van der Waals surface area contributed by atoms with Crippen LogP contribution in [0.1, 0.15) is 27.6 Å². The third-order valence-corrected chi connectivity index (χ3v) is 5.83. The number of hydrogen-bond acceptors (Lipinski definition) is 7. The van der Waals surface area contributed by atoms with Crippen LogP contribution in [0.15, 0.2) is 77.5 Å². The highest BCUT2D eigenvalue weighted by Gasteiger charge is 2.39. The molecule has 0 saturated heterocycles. The Morgan fingerprint density at radius 3 is 2.43 bits per heavy atom. The van der Waals surface area contributed by atoms with E-state index in [1.807, 2.05) is 0 Å². The van der Waals surface area contributed by atoms with E-state index in [1.165, 1.54) is 54.6 Å². The zero-order valence-electron chi connectivity index (χ0n) is 19.2. The van der Waals surface area contributed by atoms with Gasteiger partial charge in [-0.05, 0) is 61.5 Å². The highest BCUT2D eigenvalue weighted by Crippen LogP contribution is 2.31. The maximum absolute atomic E-state index is 13.1. The lowest BCUT2D eigenvalue weighted by atomic mass is 10.1. The maximum Gasteiger partial charge on any atom is 0.338 e. The van der Waals surface area contributed by atoms with E-state index in [-0.39, 0.29) is 45.6 Å². The van der Waals surface area contributed by atoms with E-state index >= 15 is 0 Å². The molecular formula is C26H19Cl2N3O6. The highest BCUT2D eigenvalue weighted by molar-refractivity contribution is 6.53. The van der Waals surface area contributed by atoms with Crippen LogP contribution in [0.3, 0.4) is 0 Å². The molecule has 0 saturated carbocycles. The molecule has 0 unspecified atom stereocenters. The normalized spacial score (nSPS) is 13.1. The smallest absolute Gasteiger partial charge is 0.338 e. The molecule has 3 aromatic carbocycles. The first-order valence-electron chi connectivity index (χ1n) is 10.9. The minimum atomic E-state index is -0.777. The van der Waals surface area contributed by atoms with Crippen LogP contribution < -0.4 is 15.5 Å². The Labute approximate surface area is 221 Å². The minimum Gasteiger partial charge on any atom is -0.506 e. The SMILES string of the molecule is CCOC(=O)c1cccc(N2C(=O)C(Cl)=C(Nc3cccc(C(=O)Nc4cc(Cl)ccc4O)c3)C2=O)c1. The highest BCUT2D eigenvalue weighted by atomic mass is 35.5. The first kappa shape index (κ1) is 25.7. The summed E-state index contributed by atoms with van der Waals surface area (Å²) >= 11 is 12.1. The largest absolute Gasteiger partial charge is 0.506 e. The van der Waals surface area contributed by atoms with E-state index in [4.69, 9.17) is 27.9 Å². The molecule has 1 aliphatic rings. The zero-order chi connectivity index (χ0) is 26.7. The Hall–Kier alpha value is -4.34. The number of ether oxygens (including phenoxy) is 1. The summed E-state index contributed by atoms with van der Waals surface area (Å²) in [7, 11) is 0. The van der Waals surface area contributed by atoms with Gasteiger partial charge in [-0.1, -0.05) is 35.3 Å². The first-order chi connectivity index (χ1) is 17.7. The van der Waals surface area contributed by atoms with Gasteiger partial charge >= 0.3 is 5.97 Å². The molecule has 37 heavy (non-hydrogen) atoms. The van der Waals surface area contributed by atoms with E-state index < -0.39 is 23.7 Å². The molecule has 3 aromatic rings. The molecule has 0 radical (unpaired) electrons. The van der Waals surface area contributed by atoms with Gasteiger partial charge in [0, 0.05) is 16.3 Å². The number of phenolic OH excluding ortho intramolecular Hbond substituents is 1. The minimum absolute atomic E-state index is 0.124. The zero-order valence-corrected chi connectivity index (χ0v) is 20.8. The van der Waals surface area contributed by atoms with Gasteiger partial charge in [-0.3, -0.25) is 14.4 Å². The second-order valence-electron chi connectivity index (χ2n) is 7.73. The van der Waals surface area contributed by atoms with Crippen LogP contribution in [0, 0.1) is 0 Å². The number of amides is 3. The number of nitrogens with one attached hydrogen (secondary N) is 2. The summed E-state index contributed by atoms with van der Waals surface area (Å²) in [6, 6.07) is 16.2. The fourth-order valence-electron chi connectivity index (χ4n) is 3.52. The molecular weight excluding hydrogens is 521 g/mol. The van der Waals surface area contributed by atoms with Crippen LogP contribution >= 0.6 is 23.2 Å². The summed E-state index contributed by atoms with van der Waals surface area (Å²) in [6.45, 7) is 1.83. The van der Waals surface area contributed by atoms with Crippen LogP contribution in [-0.2, 0) is 14.3 Å². The average molecular weight is 540 g/mol. The summed E-state index contributed by atoms with van der Waals surface area (Å²) in [6.07, 6.45) is 0. The summed E-state index contributed by atoms with van der Waals surface area (Å²) in [5, 5.41) is 15.3. The fraction of sp³-hybridized carbons (Fsp3) is 0.0769. The second-order valence-corrected chi connectivity index (χ2v) is 8.54. The van der Waals surface area contributed by atoms with E-state index in [2.05, 4.69) is 10.6 Å². The standard InChI is InChI=1S/C26H19Cl2N3O6/c1-2-37-26(36)15-6-4-8-18(12-15)31-24(34)21(28)22(25(31)35)29-17-7-3-5-14(11-17)23(33)30-19-13-16(27)9-10-20(19)32/h3-13,29,32H,2H2,1H3,(H,30,33). The van der Waals surface area contributed by atoms with E-state index in [1.54, 1.807) is 19.1 Å². The maximum atomic E-state index is 13.1. The molecule has 0 aliphatic carbocycles. The Morgan fingerprint density at radius 2 is 1.68 bits per heavy atom. The molecule has 0 spiro atoms. The predicted molar refractivity (Wildman–Crippen MR) is 139 cm³/mol. The van der Waals surface area contributed by atoms with Crippen LogP contribution in [0.5, 0.6) is 5.75 Å². The van der Waals surface area contributed by atoms with Crippen molar-refractivity contribution >= 4 is 64.0 Å². The number of aromatic hydroxyl groups is 1. The van der Waals surface area contributed by atoms with Crippen LogP contribution in [0.2, 0.25) is 5.02 Å². The van der Waals surface area contributed by atoms with Gasteiger partial charge in [-0.15, -0.1) is 0 Å². The predicted octanol–water partition coefficient (Wildman–Crippen LogP) is 4.91. The van der Waals surface area contributed by atoms with Crippen molar-refractivity contribution in [3.63, 3.8) is 0 Å². The van der Waals surface area contributed by atoms with Crippen molar-refractivity contribution in [2.75, 3.05) is 22.1 Å². The topological polar surface area (TPSA) is 125 Å². The monoisotopic (exact) mass is 539 g/mol. The summed E-state index contributed by atoms with van der Waals surface area (Å²) in [5.74, 6) is -2.82. The Kier molecular flexibility index (Phi) is 7.47. The van der Waals surface area contributed by atoms with Crippen molar-refractivity contribution in [3.8, 4) is 5.75 Å². The van der Waals surface area contributed by atoms with Crippen molar-refractivity contribution in [2.45, 2.75) is 6.92 Å². The van der Waals surface area contributed by atoms with E-state index in [9.17, 15) is 24.3 Å². The average Bonchev–Trinajstić information content (AvgIpc) is 3.09. The summed E-state index contributed by atoms with van der Waals surface area (Å²) < 4.78 is 4.97. The number of imide groups is 1. The molecule has 3 N–H and O–H groups in total. The molecule has 0 atom stereocenters. The van der Waals surface area contributed by atoms with Gasteiger partial charge in [0.15, 0.2) is 0 Å². The Balaban J connectivity index is 1.54. The number of nitrogens with zero attached hydrogens (tertiary/aromatic N) is 1. The van der Waals surface area contributed by atoms with Gasteiger partial charge in [0.25, 0.3) is 17.7 Å². The first-order valence-corrected chi connectivity index (χ1v) is 11.7. The molecule has 1 heterocycles. The van der Waals surface area contributed by atoms with E-state index in [0.29, 0.717) is 10.7 Å². The molecule has 11 heteroatoms. The van der Waals surface area contributed by atoms with Crippen LogP contribution in [0.25, 0.3) is 0 Å². The number of rotatable bonds is 7. The number of halogens is 2. The van der Waals surface area contributed by atoms with Gasteiger partial charge in [-0.25, -0.2) is 9.69 Å². The number of esters is 1. The summed E-state index contributed by atoms with van der Waals surface area (Å²) in [5.41, 5.74) is 0.736. The molecule has 9 nitrogen and oxygen atoms in total. The molecule has 0 aromatic heterocycles. The lowest BCUT2D eigenvalue weighted by Crippen LogP contribution is -2.32. The molecule has 4 rings (SSSR count). The van der Waals surface area contributed by atoms with Crippen molar-refractivity contribution in [1.29, 1.82) is 0 Å². The molecule has 1 aliphatic heterocycles. The van der Waals surface area contributed by atoms with Crippen molar-refractivity contribution in [2.24, 2.45) is 0 Å². The molecule has 188 valence electrons. The van der Waals surface area contributed by atoms with Gasteiger partial charge in [-0.2, -0.15) is 0 Å². The number of anilines is 3. The molecule has 3 amide bonds. The van der Waals surface area contributed by atoms with Gasteiger partial charge in [0.1, 0.15) is 16.5 Å². The van der Waals surface area contributed by atoms with Crippen LogP contribution in [-0.4, -0.2) is 35.4 Å². The van der Waals surface area contributed by atoms with Crippen molar-refractivity contribution < 1.29 is 29.0 Å². The van der Waals surface area contributed by atoms with Gasteiger partial charge in [0.05, 0.1) is 23.5 Å². The number of benzene rings is 3.